The zero-order chi connectivity index (χ0) is 23.5. The number of sulfonamides is 1. The van der Waals surface area contributed by atoms with Gasteiger partial charge in [-0.05, 0) is 36.6 Å². The SMILES string of the molecule is CCC(CC)(C(=O)N1CCN(S(=O)(=O)c2ccccc2[N+](=O)[O-])CC1)c1ccc(Cl)cc1. The van der Waals surface area contributed by atoms with Crippen LogP contribution >= 0.6 is 11.6 Å². The van der Waals surface area contributed by atoms with Gasteiger partial charge in [0.25, 0.3) is 5.69 Å². The monoisotopic (exact) mass is 479 g/mol. The fraction of sp³-hybridized carbons (Fsp3) is 0.409. The van der Waals surface area contributed by atoms with Gasteiger partial charge in [0.2, 0.25) is 15.9 Å². The third-order valence-electron chi connectivity index (χ3n) is 6.22. The first-order chi connectivity index (χ1) is 15.2. The van der Waals surface area contributed by atoms with Crippen molar-refractivity contribution >= 4 is 33.2 Å². The highest BCUT2D eigenvalue weighted by atomic mass is 35.5. The summed E-state index contributed by atoms with van der Waals surface area (Å²) in [5.41, 5.74) is -0.291. The lowest BCUT2D eigenvalue weighted by molar-refractivity contribution is -0.387. The van der Waals surface area contributed by atoms with Gasteiger partial charge in [-0.15, -0.1) is 0 Å². The van der Waals surface area contributed by atoms with E-state index >= 15 is 0 Å². The summed E-state index contributed by atoms with van der Waals surface area (Å²) in [7, 11) is -4.05. The summed E-state index contributed by atoms with van der Waals surface area (Å²) in [6.45, 7) is 4.51. The molecule has 0 atom stereocenters. The lowest BCUT2D eigenvalue weighted by atomic mass is 9.74. The fourth-order valence-corrected chi connectivity index (χ4v) is 5.96. The molecule has 0 spiro atoms. The van der Waals surface area contributed by atoms with Crippen LogP contribution in [0.5, 0.6) is 0 Å². The van der Waals surface area contributed by atoms with Crippen molar-refractivity contribution in [1.82, 2.24) is 9.21 Å². The molecule has 2 aromatic carbocycles. The van der Waals surface area contributed by atoms with Crippen LogP contribution in [0.3, 0.4) is 0 Å². The molecule has 10 heteroatoms. The highest BCUT2D eigenvalue weighted by Gasteiger charge is 2.42. The number of halogens is 1. The number of hydrogen-bond acceptors (Lipinski definition) is 5. The highest BCUT2D eigenvalue weighted by Crippen LogP contribution is 2.35. The fourth-order valence-electron chi connectivity index (χ4n) is 4.25. The number of nitro benzene ring substituents is 1. The standard InChI is InChI=1S/C22H26ClN3O5S/c1-3-22(4-2,17-9-11-18(23)12-10-17)21(27)24-13-15-25(16-14-24)32(30,31)20-8-6-5-7-19(20)26(28)29/h5-12H,3-4,13-16H2,1-2H3. The molecule has 0 saturated carbocycles. The number of carbonyl (C=O) groups excluding carboxylic acids is 1. The summed E-state index contributed by atoms with van der Waals surface area (Å²) in [6, 6.07) is 12.6. The Balaban J connectivity index is 1.81. The highest BCUT2D eigenvalue weighted by molar-refractivity contribution is 7.89. The summed E-state index contributed by atoms with van der Waals surface area (Å²) < 4.78 is 27.3. The van der Waals surface area contributed by atoms with Crippen LogP contribution < -0.4 is 0 Å². The lowest BCUT2D eigenvalue weighted by Crippen LogP contribution is -2.55. The second-order valence-electron chi connectivity index (χ2n) is 7.72. The Morgan fingerprint density at radius 2 is 1.59 bits per heavy atom. The van der Waals surface area contributed by atoms with Crippen LogP contribution in [0.2, 0.25) is 5.02 Å². The van der Waals surface area contributed by atoms with Gasteiger partial charge >= 0.3 is 0 Å². The normalized spacial score (nSPS) is 15.5. The largest absolute Gasteiger partial charge is 0.339 e. The van der Waals surface area contributed by atoms with Crippen molar-refractivity contribution in [3.63, 3.8) is 0 Å². The van der Waals surface area contributed by atoms with Crippen LogP contribution in [0.1, 0.15) is 32.3 Å². The summed E-state index contributed by atoms with van der Waals surface area (Å²) in [5, 5.41) is 11.9. The smallest absolute Gasteiger partial charge is 0.289 e. The number of benzene rings is 2. The van der Waals surface area contributed by atoms with Gasteiger partial charge in [-0.25, -0.2) is 8.42 Å². The van der Waals surface area contributed by atoms with Crippen molar-refractivity contribution < 1.29 is 18.1 Å². The summed E-state index contributed by atoms with van der Waals surface area (Å²) >= 11 is 6.02. The maximum Gasteiger partial charge on any atom is 0.289 e. The molecule has 1 aliphatic rings. The maximum absolute atomic E-state index is 13.6. The molecular formula is C22H26ClN3O5S. The van der Waals surface area contributed by atoms with E-state index in [0.717, 1.165) is 5.56 Å². The number of carbonyl (C=O) groups is 1. The molecule has 0 aromatic heterocycles. The van der Waals surface area contributed by atoms with Crippen LogP contribution in [0, 0.1) is 10.1 Å². The quantitative estimate of drug-likeness (QED) is 0.443. The van der Waals surface area contributed by atoms with Gasteiger partial charge in [0.1, 0.15) is 0 Å². The summed E-state index contributed by atoms with van der Waals surface area (Å²) in [4.78, 5) is 25.5. The van der Waals surface area contributed by atoms with Crippen LogP contribution in [-0.2, 0) is 20.2 Å². The van der Waals surface area contributed by atoms with E-state index in [-0.39, 0.29) is 37.0 Å². The van der Waals surface area contributed by atoms with Crippen molar-refractivity contribution in [1.29, 1.82) is 0 Å². The number of nitrogens with zero attached hydrogens (tertiary/aromatic N) is 3. The Morgan fingerprint density at radius 1 is 1.03 bits per heavy atom. The van der Waals surface area contributed by atoms with E-state index in [0.29, 0.717) is 17.9 Å². The molecule has 1 aliphatic heterocycles. The molecule has 0 aliphatic carbocycles. The Morgan fingerprint density at radius 3 is 2.12 bits per heavy atom. The molecule has 2 aromatic rings. The van der Waals surface area contributed by atoms with Gasteiger partial charge in [-0.1, -0.05) is 49.7 Å². The molecular weight excluding hydrogens is 454 g/mol. The molecule has 3 rings (SSSR count). The molecule has 8 nitrogen and oxygen atoms in total. The molecule has 32 heavy (non-hydrogen) atoms. The number of rotatable bonds is 7. The minimum Gasteiger partial charge on any atom is -0.339 e. The third-order valence-corrected chi connectivity index (χ3v) is 8.42. The van der Waals surface area contributed by atoms with Crippen molar-refractivity contribution in [2.75, 3.05) is 26.2 Å². The predicted octanol–water partition coefficient (Wildman–Crippen LogP) is 3.84. The third kappa shape index (κ3) is 4.37. The maximum atomic E-state index is 13.6. The molecule has 172 valence electrons. The number of amides is 1. The number of hydrogen-bond donors (Lipinski definition) is 0. The predicted molar refractivity (Wildman–Crippen MR) is 122 cm³/mol. The van der Waals surface area contributed by atoms with Gasteiger partial charge in [-0.2, -0.15) is 4.31 Å². The first-order valence-corrected chi connectivity index (χ1v) is 12.3. The Bertz CT molecular complexity index is 1090. The Labute approximate surface area is 193 Å². The van der Waals surface area contributed by atoms with Gasteiger partial charge < -0.3 is 4.90 Å². The molecule has 1 amide bonds. The van der Waals surface area contributed by atoms with E-state index in [4.69, 9.17) is 11.6 Å². The second-order valence-corrected chi connectivity index (χ2v) is 10.1. The molecule has 0 radical (unpaired) electrons. The van der Waals surface area contributed by atoms with Crippen molar-refractivity contribution in [3.8, 4) is 0 Å². The van der Waals surface area contributed by atoms with Gasteiger partial charge in [0, 0.05) is 37.3 Å². The topological polar surface area (TPSA) is 101 Å². The number of para-hydroxylation sites is 1. The average Bonchev–Trinajstić information content (AvgIpc) is 2.81. The minimum absolute atomic E-state index is 0.0486. The van der Waals surface area contributed by atoms with E-state index in [2.05, 4.69) is 0 Å². The van der Waals surface area contributed by atoms with E-state index < -0.39 is 26.0 Å². The molecule has 1 fully saturated rings. The van der Waals surface area contributed by atoms with Crippen LogP contribution in [-0.4, -0.2) is 54.6 Å². The van der Waals surface area contributed by atoms with Crippen molar-refractivity contribution in [2.24, 2.45) is 0 Å². The van der Waals surface area contributed by atoms with Crippen LogP contribution in [0.15, 0.2) is 53.4 Å². The molecule has 0 N–H and O–H groups in total. The molecule has 1 heterocycles. The van der Waals surface area contributed by atoms with Crippen molar-refractivity contribution in [2.45, 2.75) is 37.0 Å². The number of nitro groups is 1. The zero-order valence-corrected chi connectivity index (χ0v) is 19.6. The van der Waals surface area contributed by atoms with Gasteiger partial charge in [0.15, 0.2) is 4.90 Å². The zero-order valence-electron chi connectivity index (χ0n) is 18.0. The van der Waals surface area contributed by atoms with Crippen LogP contribution in [0.25, 0.3) is 0 Å². The molecule has 1 saturated heterocycles. The minimum atomic E-state index is -4.05. The summed E-state index contributed by atoms with van der Waals surface area (Å²) in [5.74, 6) is -0.0486. The first kappa shape index (κ1) is 24.2. The van der Waals surface area contributed by atoms with E-state index in [1.54, 1.807) is 17.0 Å². The molecule has 0 unspecified atom stereocenters. The second kappa shape index (κ2) is 9.56. The average molecular weight is 480 g/mol. The Kier molecular flexibility index (Phi) is 7.22. The number of piperazine rings is 1. The van der Waals surface area contributed by atoms with Gasteiger partial charge in [-0.3, -0.25) is 14.9 Å². The Hall–Kier alpha value is -2.49. The first-order valence-electron chi connectivity index (χ1n) is 10.5. The lowest BCUT2D eigenvalue weighted by Gasteiger charge is -2.40. The van der Waals surface area contributed by atoms with E-state index in [1.807, 2.05) is 26.0 Å². The van der Waals surface area contributed by atoms with Gasteiger partial charge in [0.05, 0.1) is 10.3 Å². The molecule has 0 bridgehead atoms. The van der Waals surface area contributed by atoms with Crippen LogP contribution in [0.4, 0.5) is 5.69 Å². The van der Waals surface area contributed by atoms with Crippen molar-refractivity contribution in [3.05, 3.63) is 69.2 Å². The van der Waals surface area contributed by atoms with E-state index in [9.17, 15) is 23.3 Å². The summed E-state index contributed by atoms with van der Waals surface area (Å²) in [6.07, 6.45) is 1.19. The van der Waals surface area contributed by atoms with E-state index in [1.165, 1.54) is 28.6 Å².